The molecule has 0 amide bonds. The zero-order valence-corrected chi connectivity index (χ0v) is 40.1. The molecule has 0 radical (unpaired) electrons. The first-order valence-corrected chi connectivity index (χ1v) is 23.0. The number of fused-ring (bicyclic) bond motifs is 2. The fourth-order valence-electron chi connectivity index (χ4n) is 8.68. The summed E-state index contributed by atoms with van der Waals surface area (Å²) < 4.78 is 123. The maximum Gasteiger partial charge on any atom is 0.429 e. The highest BCUT2D eigenvalue weighted by Crippen LogP contribution is 2.50. The van der Waals surface area contributed by atoms with Crippen molar-refractivity contribution < 1.29 is 64.7 Å². The van der Waals surface area contributed by atoms with Crippen molar-refractivity contribution in [3.63, 3.8) is 0 Å². The molecule has 2 aliphatic heterocycles. The summed E-state index contributed by atoms with van der Waals surface area (Å²) in [5.74, 6) is -0.779. The molecule has 0 fully saturated rings. The summed E-state index contributed by atoms with van der Waals surface area (Å²) in [7, 11) is 0. The van der Waals surface area contributed by atoms with Gasteiger partial charge in [-0.25, -0.2) is 18.7 Å². The van der Waals surface area contributed by atoms with Crippen molar-refractivity contribution in [1.82, 2.24) is 20.6 Å². The largest absolute Gasteiger partial charge is 0.490 e. The van der Waals surface area contributed by atoms with Crippen molar-refractivity contribution in [2.45, 2.75) is 74.2 Å². The molecular formula is C52H50F8N6O8. The second kappa shape index (κ2) is 21.0. The van der Waals surface area contributed by atoms with Crippen LogP contribution in [0.2, 0.25) is 0 Å². The van der Waals surface area contributed by atoms with Crippen molar-refractivity contribution in [1.29, 1.82) is 0 Å². The highest BCUT2D eigenvalue weighted by atomic mass is 19.4. The van der Waals surface area contributed by atoms with Crippen LogP contribution in [0.3, 0.4) is 0 Å². The predicted molar refractivity (Wildman–Crippen MR) is 254 cm³/mol. The standard InChI is InChI=1S/2C26H25F4N3O4/c2*1-16(17-6-4-3-5-7-17)31-13-24(2)15-37-23-20(24)12-21(25(34,14-33(35)36)26(28,29)30)32-22(23)18-8-10-19(27)11-9-18/h2*3-12,16,31,34H,13-15H2,1-2H3/t16-,24+,25?;16-,24-,25?/m00/s1. The van der Waals surface area contributed by atoms with Gasteiger partial charge < -0.3 is 30.3 Å². The summed E-state index contributed by atoms with van der Waals surface area (Å²) in [6, 6.07) is 30.7. The minimum atomic E-state index is -5.39. The van der Waals surface area contributed by atoms with Gasteiger partial charge in [0.05, 0.1) is 24.6 Å². The number of benzene rings is 4. The van der Waals surface area contributed by atoms with E-state index in [9.17, 15) is 65.6 Å². The van der Waals surface area contributed by atoms with Gasteiger partial charge in [0, 0.05) is 68.1 Å². The van der Waals surface area contributed by atoms with E-state index < -0.39 is 80.3 Å². The molecule has 0 spiro atoms. The molecule has 2 aromatic heterocycles. The highest BCUT2D eigenvalue weighted by Gasteiger charge is 2.62. The molecule has 74 heavy (non-hydrogen) atoms. The quantitative estimate of drug-likeness (QED) is 0.0408. The Morgan fingerprint density at radius 1 is 0.595 bits per heavy atom. The number of alkyl halides is 6. The summed E-state index contributed by atoms with van der Waals surface area (Å²) in [5, 5.41) is 50.3. The number of nitro groups is 2. The molecular weight excluding hydrogens is 989 g/mol. The van der Waals surface area contributed by atoms with Crippen LogP contribution in [0.1, 0.15) is 73.4 Å². The van der Waals surface area contributed by atoms with Gasteiger partial charge in [-0.3, -0.25) is 20.2 Å². The summed E-state index contributed by atoms with van der Waals surface area (Å²) in [6.07, 6.45) is -10.8. The molecule has 0 bridgehead atoms. The molecule has 4 N–H and O–H groups in total. The molecule has 6 aromatic rings. The molecule has 4 heterocycles. The molecule has 0 saturated carbocycles. The van der Waals surface area contributed by atoms with E-state index in [0.717, 1.165) is 47.5 Å². The van der Waals surface area contributed by atoms with Gasteiger partial charge in [-0.15, -0.1) is 0 Å². The van der Waals surface area contributed by atoms with Crippen LogP contribution in [0.25, 0.3) is 22.5 Å². The fraction of sp³-hybridized carbons (Fsp3) is 0.346. The summed E-state index contributed by atoms with van der Waals surface area (Å²) >= 11 is 0. The SMILES string of the molecule is C[C@H](NC[C@@]1(C)COc2c1cc(C(O)(C[N+](=O)[O-])C(F)(F)F)nc2-c1ccc(F)cc1)c1ccccc1.C[C@H](NC[C@]1(C)COc2c1cc(C(O)(C[N+](=O)[O-])C(F)(F)F)nc2-c1ccc(F)cc1)c1ccccc1. The van der Waals surface area contributed by atoms with E-state index >= 15 is 0 Å². The van der Waals surface area contributed by atoms with E-state index in [1.165, 1.54) is 24.3 Å². The third kappa shape index (κ3) is 11.3. The average Bonchev–Trinajstić information content (AvgIpc) is 3.88. The van der Waals surface area contributed by atoms with Crippen LogP contribution in [-0.4, -0.2) is 81.8 Å². The van der Waals surface area contributed by atoms with Crippen LogP contribution in [0.4, 0.5) is 35.1 Å². The molecule has 0 saturated heterocycles. The predicted octanol–water partition coefficient (Wildman–Crippen LogP) is 9.83. The van der Waals surface area contributed by atoms with Crippen molar-refractivity contribution in [2.24, 2.45) is 0 Å². The molecule has 14 nitrogen and oxygen atoms in total. The van der Waals surface area contributed by atoms with E-state index in [4.69, 9.17) is 9.47 Å². The van der Waals surface area contributed by atoms with Gasteiger partial charge in [0.1, 0.15) is 34.5 Å². The monoisotopic (exact) mass is 1040 g/mol. The number of hydrogen-bond donors (Lipinski definition) is 4. The number of aliphatic hydroxyl groups is 2. The molecule has 6 atom stereocenters. The summed E-state index contributed by atoms with van der Waals surface area (Å²) in [4.78, 5) is 27.8. The Morgan fingerprint density at radius 2 is 0.919 bits per heavy atom. The van der Waals surface area contributed by atoms with Gasteiger partial charge in [0.2, 0.25) is 13.1 Å². The Balaban J connectivity index is 0.000000216. The number of pyridine rings is 2. The maximum absolute atomic E-state index is 14.0. The molecule has 2 aliphatic rings. The molecule has 0 aliphatic carbocycles. The van der Waals surface area contributed by atoms with E-state index in [1.54, 1.807) is 13.8 Å². The lowest BCUT2D eigenvalue weighted by atomic mass is 9.82. The Hall–Kier alpha value is -7.14. The normalized spacial score (nSPS) is 19.5. The molecule has 392 valence electrons. The second-order valence-corrected chi connectivity index (χ2v) is 18.9. The van der Waals surface area contributed by atoms with E-state index in [1.807, 2.05) is 74.5 Å². The van der Waals surface area contributed by atoms with Gasteiger partial charge in [-0.05, 0) is 85.6 Å². The lowest BCUT2D eigenvalue weighted by Crippen LogP contribution is -2.48. The minimum Gasteiger partial charge on any atom is -0.490 e. The van der Waals surface area contributed by atoms with Crippen LogP contribution in [0.5, 0.6) is 11.5 Å². The number of nitrogens with zero attached hydrogens (tertiary/aromatic N) is 4. The van der Waals surface area contributed by atoms with Crippen molar-refractivity contribution in [2.75, 3.05) is 39.4 Å². The minimum absolute atomic E-state index is 0.0710. The third-order valence-corrected chi connectivity index (χ3v) is 13.2. The van der Waals surface area contributed by atoms with E-state index in [0.29, 0.717) is 11.1 Å². The fourth-order valence-corrected chi connectivity index (χ4v) is 8.68. The average molecular weight is 1040 g/mol. The van der Waals surface area contributed by atoms with Crippen LogP contribution in [0, 0.1) is 31.9 Å². The van der Waals surface area contributed by atoms with Crippen LogP contribution in [-0.2, 0) is 22.0 Å². The number of nitrogens with one attached hydrogen (secondary N) is 2. The van der Waals surface area contributed by atoms with Crippen molar-refractivity contribution in [3.8, 4) is 34.0 Å². The Kier molecular flexibility index (Phi) is 15.5. The van der Waals surface area contributed by atoms with Gasteiger partial charge in [0.25, 0.3) is 11.2 Å². The lowest BCUT2D eigenvalue weighted by molar-refractivity contribution is -0.519. The lowest BCUT2D eigenvalue weighted by Gasteiger charge is -2.29. The Bertz CT molecular complexity index is 2780. The van der Waals surface area contributed by atoms with E-state index in [-0.39, 0.29) is 72.4 Å². The zero-order valence-electron chi connectivity index (χ0n) is 40.1. The zero-order chi connectivity index (χ0) is 54.0. The van der Waals surface area contributed by atoms with E-state index in [2.05, 4.69) is 20.6 Å². The van der Waals surface area contributed by atoms with Gasteiger partial charge >= 0.3 is 12.4 Å². The van der Waals surface area contributed by atoms with Gasteiger partial charge in [-0.2, -0.15) is 26.3 Å². The summed E-state index contributed by atoms with van der Waals surface area (Å²) in [5.41, 5.74) is -8.36. The topological polar surface area (TPSA) is 195 Å². The number of aromatic nitrogens is 2. The highest BCUT2D eigenvalue weighted by molar-refractivity contribution is 5.72. The number of hydrogen-bond acceptors (Lipinski definition) is 12. The molecule has 2 unspecified atom stereocenters. The van der Waals surface area contributed by atoms with Crippen LogP contribution < -0.4 is 20.1 Å². The van der Waals surface area contributed by atoms with Crippen molar-refractivity contribution in [3.05, 3.63) is 187 Å². The number of rotatable bonds is 16. The Labute approximate surface area is 418 Å². The molecule has 8 rings (SSSR count). The maximum atomic E-state index is 14.0. The first kappa shape index (κ1) is 54.6. The van der Waals surface area contributed by atoms with Crippen molar-refractivity contribution >= 4 is 0 Å². The number of halogens is 8. The first-order chi connectivity index (χ1) is 34.7. The van der Waals surface area contributed by atoms with Gasteiger partial charge in [-0.1, -0.05) is 74.5 Å². The second-order valence-electron chi connectivity index (χ2n) is 18.9. The number of ether oxygens (including phenoxy) is 2. The summed E-state index contributed by atoms with van der Waals surface area (Å²) in [6.45, 7) is 4.51. The first-order valence-electron chi connectivity index (χ1n) is 23.0. The Morgan fingerprint density at radius 3 is 1.22 bits per heavy atom. The van der Waals surface area contributed by atoms with Gasteiger partial charge in [0.15, 0.2) is 0 Å². The smallest absolute Gasteiger partial charge is 0.429 e. The van der Waals surface area contributed by atoms with Crippen LogP contribution in [0.15, 0.2) is 121 Å². The molecule has 22 heteroatoms. The van der Waals surface area contributed by atoms with Crippen LogP contribution >= 0.6 is 0 Å². The third-order valence-electron chi connectivity index (χ3n) is 13.2. The molecule has 4 aromatic carbocycles.